The Morgan fingerprint density at radius 2 is 1.97 bits per heavy atom. The SMILES string of the molecule is O=C1CCC(N2Cc3c(CN(CC4CC4)[C@@H]4CCNC4)cccc3C2=O)C(=O)N1. The lowest BCUT2D eigenvalue weighted by molar-refractivity contribution is -0.136. The Hall–Kier alpha value is -2.25. The average molecular weight is 396 g/mol. The van der Waals surface area contributed by atoms with Crippen molar-refractivity contribution in [2.45, 2.75) is 57.3 Å². The zero-order chi connectivity index (χ0) is 20.0. The summed E-state index contributed by atoms with van der Waals surface area (Å²) in [5.41, 5.74) is 2.95. The Morgan fingerprint density at radius 3 is 2.69 bits per heavy atom. The van der Waals surface area contributed by atoms with E-state index in [1.165, 1.54) is 24.8 Å². The number of nitrogens with zero attached hydrogens (tertiary/aromatic N) is 2. The number of benzene rings is 1. The smallest absolute Gasteiger partial charge is 0.255 e. The van der Waals surface area contributed by atoms with Gasteiger partial charge in [-0.2, -0.15) is 0 Å². The normalized spacial score (nSPS) is 26.9. The highest BCUT2D eigenvalue weighted by Crippen LogP contribution is 2.34. The van der Waals surface area contributed by atoms with E-state index in [0.717, 1.165) is 37.7 Å². The molecule has 0 bridgehead atoms. The van der Waals surface area contributed by atoms with Crippen LogP contribution in [0.1, 0.15) is 53.6 Å². The van der Waals surface area contributed by atoms with E-state index in [4.69, 9.17) is 0 Å². The van der Waals surface area contributed by atoms with Crippen molar-refractivity contribution in [3.63, 3.8) is 0 Å². The molecule has 0 radical (unpaired) electrons. The van der Waals surface area contributed by atoms with Crippen LogP contribution in [0.3, 0.4) is 0 Å². The van der Waals surface area contributed by atoms with Crippen molar-refractivity contribution in [1.29, 1.82) is 0 Å². The number of carbonyl (C=O) groups is 3. The minimum Gasteiger partial charge on any atom is -0.322 e. The molecule has 3 amide bonds. The molecule has 1 aromatic rings. The number of hydrogen-bond acceptors (Lipinski definition) is 5. The average Bonchev–Trinajstić information content (AvgIpc) is 3.22. The van der Waals surface area contributed by atoms with Crippen molar-refractivity contribution in [2.75, 3.05) is 19.6 Å². The molecule has 2 atom stereocenters. The quantitative estimate of drug-likeness (QED) is 0.702. The third kappa shape index (κ3) is 3.69. The molecule has 2 N–H and O–H groups in total. The molecule has 1 aromatic carbocycles. The third-order valence-electron chi connectivity index (χ3n) is 6.79. The van der Waals surface area contributed by atoms with E-state index >= 15 is 0 Å². The Kier molecular flexibility index (Phi) is 4.87. The standard InChI is InChI=1S/C22H28N4O3/c27-20-7-6-19(21(28)24-20)26-13-18-15(2-1-3-17(18)22(26)29)12-25(11-14-4-5-14)16-8-9-23-10-16/h1-3,14,16,19,23H,4-13H2,(H,24,27,28)/t16-,19?/m1/s1. The maximum atomic E-state index is 13.0. The summed E-state index contributed by atoms with van der Waals surface area (Å²) in [7, 11) is 0. The summed E-state index contributed by atoms with van der Waals surface area (Å²) in [6.45, 7) is 4.53. The summed E-state index contributed by atoms with van der Waals surface area (Å²) in [6, 6.07) is 5.96. The van der Waals surface area contributed by atoms with Gasteiger partial charge in [0.1, 0.15) is 6.04 Å². The van der Waals surface area contributed by atoms with Crippen LogP contribution in [0.25, 0.3) is 0 Å². The van der Waals surface area contributed by atoms with Crippen molar-refractivity contribution in [1.82, 2.24) is 20.4 Å². The molecule has 0 spiro atoms. The van der Waals surface area contributed by atoms with Crippen LogP contribution in [0.4, 0.5) is 0 Å². The molecule has 1 aliphatic carbocycles. The molecule has 1 unspecified atom stereocenters. The number of hydrogen-bond donors (Lipinski definition) is 2. The minimum absolute atomic E-state index is 0.0902. The Bertz CT molecular complexity index is 844. The van der Waals surface area contributed by atoms with Crippen LogP contribution in [0.2, 0.25) is 0 Å². The molecule has 3 aliphatic heterocycles. The molecule has 4 aliphatic rings. The van der Waals surface area contributed by atoms with Gasteiger partial charge in [-0.25, -0.2) is 0 Å². The fourth-order valence-electron chi connectivity index (χ4n) is 4.94. The molecule has 7 nitrogen and oxygen atoms in total. The molecular weight excluding hydrogens is 368 g/mol. The molecule has 154 valence electrons. The van der Waals surface area contributed by atoms with Gasteiger partial charge in [0.15, 0.2) is 0 Å². The van der Waals surface area contributed by atoms with Crippen molar-refractivity contribution >= 4 is 17.7 Å². The predicted octanol–water partition coefficient (Wildman–Crippen LogP) is 1.02. The first kappa shape index (κ1) is 18.8. The molecule has 2 saturated heterocycles. The summed E-state index contributed by atoms with van der Waals surface area (Å²) >= 11 is 0. The topological polar surface area (TPSA) is 81.8 Å². The van der Waals surface area contributed by atoms with Crippen molar-refractivity contribution in [3.05, 3.63) is 34.9 Å². The number of piperidine rings is 1. The summed E-state index contributed by atoms with van der Waals surface area (Å²) in [4.78, 5) is 41.1. The summed E-state index contributed by atoms with van der Waals surface area (Å²) < 4.78 is 0. The molecule has 5 rings (SSSR count). The number of rotatable bonds is 6. The lowest BCUT2D eigenvalue weighted by Gasteiger charge is -2.30. The highest BCUT2D eigenvalue weighted by atomic mass is 16.2. The second-order valence-electron chi connectivity index (χ2n) is 8.86. The summed E-state index contributed by atoms with van der Waals surface area (Å²) in [6.07, 6.45) is 4.51. The first-order chi connectivity index (χ1) is 14.1. The number of imide groups is 1. The third-order valence-corrected chi connectivity index (χ3v) is 6.79. The largest absolute Gasteiger partial charge is 0.322 e. The van der Waals surface area contributed by atoms with Gasteiger partial charge in [0.2, 0.25) is 11.8 Å². The van der Waals surface area contributed by atoms with Crippen molar-refractivity contribution in [2.24, 2.45) is 5.92 Å². The fraction of sp³-hybridized carbons (Fsp3) is 0.591. The molecule has 0 aromatic heterocycles. The fourth-order valence-corrected chi connectivity index (χ4v) is 4.94. The number of carbonyl (C=O) groups excluding carboxylic acids is 3. The zero-order valence-corrected chi connectivity index (χ0v) is 16.7. The monoisotopic (exact) mass is 396 g/mol. The van der Waals surface area contributed by atoms with Crippen LogP contribution in [-0.4, -0.2) is 59.2 Å². The number of amides is 3. The van der Waals surface area contributed by atoms with E-state index in [2.05, 4.69) is 21.6 Å². The van der Waals surface area contributed by atoms with Crippen LogP contribution in [0, 0.1) is 5.92 Å². The first-order valence-corrected chi connectivity index (χ1v) is 10.8. The van der Waals surface area contributed by atoms with E-state index in [1.54, 1.807) is 4.90 Å². The van der Waals surface area contributed by atoms with Gasteiger partial charge < -0.3 is 10.2 Å². The Morgan fingerprint density at radius 1 is 1.10 bits per heavy atom. The zero-order valence-electron chi connectivity index (χ0n) is 16.7. The first-order valence-electron chi connectivity index (χ1n) is 10.8. The van der Waals surface area contributed by atoms with E-state index in [9.17, 15) is 14.4 Å². The second-order valence-corrected chi connectivity index (χ2v) is 8.86. The molecule has 7 heteroatoms. The van der Waals surface area contributed by atoms with Gasteiger partial charge in [0.25, 0.3) is 5.91 Å². The molecule has 3 fully saturated rings. The van der Waals surface area contributed by atoms with Crippen LogP contribution >= 0.6 is 0 Å². The van der Waals surface area contributed by atoms with Crippen LogP contribution in [0.5, 0.6) is 0 Å². The maximum Gasteiger partial charge on any atom is 0.255 e. The van der Waals surface area contributed by atoms with E-state index in [-0.39, 0.29) is 24.1 Å². The van der Waals surface area contributed by atoms with Gasteiger partial charge in [-0.05, 0) is 55.3 Å². The van der Waals surface area contributed by atoms with E-state index in [0.29, 0.717) is 24.6 Å². The van der Waals surface area contributed by atoms with Crippen LogP contribution < -0.4 is 10.6 Å². The minimum atomic E-state index is -0.554. The second kappa shape index (κ2) is 7.54. The predicted molar refractivity (Wildman–Crippen MR) is 107 cm³/mol. The Balaban J connectivity index is 1.37. The van der Waals surface area contributed by atoms with E-state index < -0.39 is 6.04 Å². The van der Waals surface area contributed by atoms with Gasteiger partial charge in [-0.15, -0.1) is 0 Å². The molecule has 1 saturated carbocycles. The van der Waals surface area contributed by atoms with Gasteiger partial charge >= 0.3 is 0 Å². The number of fused-ring (bicyclic) bond motifs is 1. The van der Waals surface area contributed by atoms with Gasteiger partial charge in [-0.3, -0.25) is 24.6 Å². The Labute approximate surface area is 170 Å². The molecule has 29 heavy (non-hydrogen) atoms. The highest BCUT2D eigenvalue weighted by molar-refractivity contribution is 6.05. The van der Waals surface area contributed by atoms with Gasteiger partial charge in [-0.1, -0.05) is 12.1 Å². The lowest BCUT2D eigenvalue weighted by Crippen LogP contribution is -2.52. The summed E-state index contributed by atoms with van der Waals surface area (Å²) in [5.74, 6) is 0.120. The molecular formula is C22H28N4O3. The molecule has 3 heterocycles. The van der Waals surface area contributed by atoms with Gasteiger partial charge in [0, 0.05) is 44.2 Å². The van der Waals surface area contributed by atoms with Crippen molar-refractivity contribution < 1.29 is 14.4 Å². The lowest BCUT2D eigenvalue weighted by atomic mass is 10.0. The van der Waals surface area contributed by atoms with Crippen LogP contribution in [0.15, 0.2) is 18.2 Å². The summed E-state index contributed by atoms with van der Waals surface area (Å²) in [5, 5.41) is 5.85. The maximum absolute atomic E-state index is 13.0. The van der Waals surface area contributed by atoms with Crippen LogP contribution in [-0.2, 0) is 22.7 Å². The van der Waals surface area contributed by atoms with Crippen molar-refractivity contribution in [3.8, 4) is 0 Å². The van der Waals surface area contributed by atoms with Gasteiger partial charge in [0.05, 0.1) is 0 Å². The highest BCUT2D eigenvalue weighted by Gasteiger charge is 2.40. The van der Waals surface area contributed by atoms with E-state index in [1.807, 2.05) is 12.1 Å². The number of nitrogens with one attached hydrogen (secondary N) is 2.